The first-order valence-electron chi connectivity index (χ1n) is 13.1. The highest BCUT2D eigenvalue weighted by Crippen LogP contribution is 2.39. The van der Waals surface area contributed by atoms with Crippen LogP contribution in [0.2, 0.25) is 0 Å². The summed E-state index contributed by atoms with van der Waals surface area (Å²) in [5.74, 6) is 1.07. The van der Waals surface area contributed by atoms with Crippen LogP contribution in [0.3, 0.4) is 0 Å². The highest BCUT2D eigenvalue weighted by molar-refractivity contribution is 5.79. The van der Waals surface area contributed by atoms with Gasteiger partial charge in [-0.3, -0.25) is 4.79 Å². The first kappa shape index (κ1) is 25.6. The average molecular weight is 519 g/mol. The maximum absolute atomic E-state index is 13.1. The standard InChI is InChI=1S/C27H33F3N4O3/c28-27(29,30)37-23-8-6-21(7-9-23)31-22-17-24(32-25(18-22)33-12-14-36-15-13-33)19-4-3-5-20(16-19)26(35)34-10-1-2-11-34/h6-9,17-20H,1-5,10-16H2,(H,31,32). The number of likely N-dealkylation sites (tertiary alicyclic amines) is 1. The van der Waals surface area contributed by atoms with Gasteiger partial charge >= 0.3 is 6.36 Å². The van der Waals surface area contributed by atoms with E-state index < -0.39 is 6.36 Å². The molecular formula is C27H33F3N4O3. The quantitative estimate of drug-likeness (QED) is 0.548. The SMILES string of the molecule is O=C(C1CCCC(c2cc(Nc3ccc(OC(F)(F)F)cc3)cc(N3CCOCC3)n2)C1)N1CCCC1. The molecule has 2 atom stereocenters. The van der Waals surface area contributed by atoms with Crippen molar-refractivity contribution in [2.75, 3.05) is 49.6 Å². The van der Waals surface area contributed by atoms with Gasteiger partial charge in [0.15, 0.2) is 0 Å². The Morgan fingerprint density at radius 1 is 0.973 bits per heavy atom. The summed E-state index contributed by atoms with van der Waals surface area (Å²) in [7, 11) is 0. The first-order valence-corrected chi connectivity index (χ1v) is 13.1. The number of morpholine rings is 1. The Kier molecular flexibility index (Phi) is 7.73. The van der Waals surface area contributed by atoms with Crippen LogP contribution in [0.5, 0.6) is 5.75 Å². The summed E-state index contributed by atoms with van der Waals surface area (Å²) in [5, 5.41) is 3.32. The lowest BCUT2D eigenvalue weighted by molar-refractivity contribution is -0.274. The number of pyridine rings is 1. The number of aromatic nitrogens is 1. The van der Waals surface area contributed by atoms with Gasteiger partial charge in [-0.25, -0.2) is 4.98 Å². The molecule has 0 spiro atoms. The number of nitrogens with one attached hydrogen (secondary N) is 1. The maximum Gasteiger partial charge on any atom is 0.573 e. The van der Waals surface area contributed by atoms with Crippen molar-refractivity contribution in [2.24, 2.45) is 5.92 Å². The predicted molar refractivity (Wildman–Crippen MR) is 134 cm³/mol. The van der Waals surface area contributed by atoms with Crippen LogP contribution < -0.4 is 15.0 Å². The second kappa shape index (κ2) is 11.2. The van der Waals surface area contributed by atoms with E-state index in [-0.39, 0.29) is 23.5 Å². The number of carbonyl (C=O) groups is 1. The Bertz CT molecular complexity index is 1070. The molecule has 3 aliphatic rings. The molecule has 0 bridgehead atoms. The molecule has 2 aromatic rings. The molecule has 2 saturated heterocycles. The summed E-state index contributed by atoms with van der Waals surface area (Å²) in [6.07, 6.45) is 1.13. The number of benzene rings is 1. The largest absolute Gasteiger partial charge is 0.573 e. The van der Waals surface area contributed by atoms with Crippen LogP contribution in [0.25, 0.3) is 0 Å². The molecule has 1 aromatic heterocycles. The van der Waals surface area contributed by atoms with Crippen molar-refractivity contribution in [3.05, 3.63) is 42.1 Å². The van der Waals surface area contributed by atoms with Crippen molar-refractivity contribution in [1.82, 2.24) is 9.88 Å². The van der Waals surface area contributed by atoms with Crippen LogP contribution >= 0.6 is 0 Å². The lowest BCUT2D eigenvalue weighted by atomic mass is 9.79. The van der Waals surface area contributed by atoms with Gasteiger partial charge < -0.3 is 24.6 Å². The van der Waals surface area contributed by atoms with Crippen molar-refractivity contribution in [3.8, 4) is 5.75 Å². The van der Waals surface area contributed by atoms with E-state index in [2.05, 4.69) is 15.0 Å². The molecule has 10 heteroatoms. The second-order valence-electron chi connectivity index (χ2n) is 10.0. The van der Waals surface area contributed by atoms with Gasteiger partial charge in [-0.1, -0.05) is 6.42 Å². The number of amides is 1. The fourth-order valence-corrected chi connectivity index (χ4v) is 5.56. The molecule has 0 radical (unpaired) electrons. The monoisotopic (exact) mass is 518 g/mol. The van der Waals surface area contributed by atoms with Gasteiger partial charge in [0, 0.05) is 61.1 Å². The van der Waals surface area contributed by atoms with Crippen molar-refractivity contribution >= 4 is 23.1 Å². The van der Waals surface area contributed by atoms with Crippen LogP contribution in [0, 0.1) is 5.92 Å². The van der Waals surface area contributed by atoms with Gasteiger partial charge in [0.25, 0.3) is 0 Å². The van der Waals surface area contributed by atoms with E-state index >= 15 is 0 Å². The zero-order valence-corrected chi connectivity index (χ0v) is 20.8. The van der Waals surface area contributed by atoms with E-state index in [9.17, 15) is 18.0 Å². The average Bonchev–Trinajstić information content (AvgIpc) is 3.44. The number of hydrogen-bond donors (Lipinski definition) is 1. The van der Waals surface area contributed by atoms with Crippen LogP contribution in [-0.2, 0) is 9.53 Å². The number of halogens is 3. The first-order chi connectivity index (χ1) is 17.8. The van der Waals surface area contributed by atoms with Crippen LogP contribution in [0.1, 0.15) is 50.1 Å². The van der Waals surface area contributed by atoms with Gasteiger partial charge in [0.05, 0.1) is 13.2 Å². The lowest BCUT2D eigenvalue weighted by Crippen LogP contribution is -2.37. The number of ether oxygens (including phenoxy) is 2. The molecule has 2 unspecified atom stereocenters. The van der Waals surface area contributed by atoms with E-state index in [1.165, 1.54) is 12.1 Å². The van der Waals surface area contributed by atoms with Crippen molar-refractivity contribution in [1.29, 1.82) is 0 Å². The molecular weight excluding hydrogens is 485 g/mol. The number of carbonyl (C=O) groups excluding carboxylic acids is 1. The van der Waals surface area contributed by atoms with E-state index in [0.717, 1.165) is 81.9 Å². The molecule has 1 aromatic carbocycles. The third kappa shape index (κ3) is 6.66. The van der Waals surface area contributed by atoms with E-state index in [4.69, 9.17) is 9.72 Å². The maximum atomic E-state index is 13.1. The Balaban J connectivity index is 1.36. The minimum atomic E-state index is -4.73. The molecule has 1 amide bonds. The third-order valence-electron chi connectivity index (χ3n) is 7.40. The summed E-state index contributed by atoms with van der Waals surface area (Å²) in [5.41, 5.74) is 2.40. The molecule has 200 valence electrons. The molecule has 37 heavy (non-hydrogen) atoms. The van der Waals surface area contributed by atoms with Gasteiger partial charge in [-0.15, -0.1) is 13.2 Å². The molecule has 7 nitrogen and oxygen atoms in total. The molecule has 5 rings (SSSR count). The minimum Gasteiger partial charge on any atom is -0.406 e. The summed E-state index contributed by atoms with van der Waals surface area (Å²) >= 11 is 0. The fraction of sp³-hybridized carbons (Fsp3) is 0.556. The Labute approximate surface area is 214 Å². The third-order valence-corrected chi connectivity index (χ3v) is 7.40. The Hall–Kier alpha value is -3.01. The van der Waals surface area contributed by atoms with Crippen LogP contribution in [-0.4, -0.2) is 61.5 Å². The topological polar surface area (TPSA) is 66.9 Å². The smallest absolute Gasteiger partial charge is 0.406 e. The second-order valence-corrected chi connectivity index (χ2v) is 10.0. The van der Waals surface area contributed by atoms with Gasteiger partial charge in [0.1, 0.15) is 11.6 Å². The number of anilines is 3. The van der Waals surface area contributed by atoms with Crippen LogP contribution in [0.15, 0.2) is 36.4 Å². The number of nitrogens with zero attached hydrogens (tertiary/aromatic N) is 3. The summed E-state index contributed by atoms with van der Waals surface area (Å²) in [6.45, 7) is 4.47. The molecule has 3 fully saturated rings. The normalized spacial score (nSPS) is 22.7. The summed E-state index contributed by atoms with van der Waals surface area (Å²) in [6, 6.07) is 9.66. The highest BCUT2D eigenvalue weighted by atomic mass is 19.4. The van der Waals surface area contributed by atoms with Gasteiger partial charge in [-0.05, 0) is 62.4 Å². The predicted octanol–water partition coefficient (Wildman–Crippen LogP) is 5.46. The highest BCUT2D eigenvalue weighted by Gasteiger charge is 2.33. The van der Waals surface area contributed by atoms with Crippen molar-refractivity contribution in [2.45, 2.75) is 50.8 Å². The Morgan fingerprint density at radius 2 is 1.70 bits per heavy atom. The summed E-state index contributed by atoms with van der Waals surface area (Å²) < 4.78 is 47.0. The Morgan fingerprint density at radius 3 is 2.41 bits per heavy atom. The lowest BCUT2D eigenvalue weighted by Gasteiger charge is -2.32. The van der Waals surface area contributed by atoms with Gasteiger partial charge in [0.2, 0.25) is 5.91 Å². The number of alkyl halides is 3. The van der Waals surface area contributed by atoms with E-state index in [1.54, 1.807) is 12.1 Å². The van der Waals surface area contributed by atoms with Gasteiger partial charge in [-0.2, -0.15) is 0 Å². The van der Waals surface area contributed by atoms with Crippen molar-refractivity contribution in [3.63, 3.8) is 0 Å². The van der Waals surface area contributed by atoms with E-state index in [1.807, 2.05) is 17.0 Å². The zero-order valence-electron chi connectivity index (χ0n) is 20.8. The number of rotatable bonds is 6. The summed E-state index contributed by atoms with van der Waals surface area (Å²) in [4.78, 5) is 22.3. The molecule has 1 aliphatic carbocycles. The van der Waals surface area contributed by atoms with E-state index in [0.29, 0.717) is 18.9 Å². The van der Waals surface area contributed by atoms with Crippen LogP contribution in [0.4, 0.5) is 30.4 Å². The molecule has 3 heterocycles. The zero-order chi connectivity index (χ0) is 25.8. The molecule has 1 saturated carbocycles. The van der Waals surface area contributed by atoms with Crippen molar-refractivity contribution < 1.29 is 27.4 Å². The fourth-order valence-electron chi connectivity index (χ4n) is 5.56. The molecule has 1 N–H and O–H groups in total. The molecule has 2 aliphatic heterocycles. The minimum absolute atomic E-state index is 0.0308. The number of hydrogen-bond acceptors (Lipinski definition) is 6.